The zero-order valence-corrected chi connectivity index (χ0v) is 8.66. The predicted molar refractivity (Wildman–Crippen MR) is 60.6 cm³/mol. The van der Waals surface area contributed by atoms with Crippen molar-refractivity contribution in [3.63, 3.8) is 0 Å². The van der Waals surface area contributed by atoms with Crippen LogP contribution in [0.3, 0.4) is 0 Å². The SMILES string of the molecule is CC1=CCC(C2=CCCC=C2N)C=C1. The molecule has 2 rings (SSSR count). The van der Waals surface area contributed by atoms with Gasteiger partial charge in [-0.25, -0.2) is 0 Å². The van der Waals surface area contributed by atoms with Crippen LogP contribution in [0.25, 0.3) is 0 Å². The fourth-order valence-electron chi connectivity index (χ4n) is 2.04. The van der Waals surface area contributed by atoms with E-state index < -0.39 is 0 Å². The van der Waals surface area contributed by atoms with E-state index in [2.05, 4.69) is 37.3 Å². The van der Waals surface area contributed by atoms with Gasteiger partial charge in [-0.3, -0.25) is 0 Å². The van der Waals surface area contributed by atoms with E-state index in [0.29, 0.717) is 5.92 Å². The van der Waals surface area contributed by atoms with Gasteiger partial charge in [0.15, 0.2) is 0 Å². The summed E-state index contributed by atoms with van der Waals surface area (Å²) in [6.07, 6.45) is 14.5. The van der Waals surface area contributed by atoms with Gasteiger partial charge in [0.25, 0.3) is 0 Å². The lowest BCUT2D eigenvalue weighted by Crippen LogP contribution is -2.13. The van der Waals surface area contributed by atoms with Crippen molar-refractivity contribution in [2.45, 2.75) is 26.2 Å². The van der Waals surface area contributed by atoms with E-state index in [1.807, 2.05) is 0 Å². The lowest BCUT2D eigenvalue weighted by Gasteiger charge is -2.21. The summed E-state index contributed by atoms with van der Waals surface area (Å²) in [7, 11) is 0. The summed E-state index contributed by atoms with van der Waals surface area (Å²) >= 11 is 0. The normalized spacial score (nSPS) is 26.6. The third kappa shape index (κ3) is 1.82. The van der Waals surface area contributed by atoms with Crippen molar-refractivity contribution in [3.05, 3.63) is 47.2 Å². The molecule has 74 valence electrons. The molecule has 1 nitrogen and oxygen atoms in total. The van der Waals surface area contributed by atoms with Crippen molar-refractivity contribution in [1.82, 2.24) is 0 Å². The van der Waals surface area contributed by atoms with Crippen molar-refractivity contribution >= 4 is 0 Å². The monoisotopic (exact) mass is 187 g/mol. The van der Waals surface area contributed by atoms with Crippen molar-refractivity contribution in [1.29, 1.82) is 0 Å². The van der Waals surface area contributed by atoms with Gasteiger partial charge < -0.3 is 5.73 Å². The van der Waals surface area contributed by atoms with Crippen LogP contribution in [0.2, 0.25) is 0 Å². The van der Waals surface area contributed by atoms with Crippen LogP contribution in [0, 0.1) is 5.92 Å². The van der Waals surface area contributed by atoms with Crippen LogP contribution in [-0.4, -0.2) is 0 Å². The molecule has 0 aromatic rings. The minimum absolute atomic E-state index is 0.509. The molecule has 1 unspecified atom stereocenters. The second-order valence-electron chi connectivity index (χ2n) is 4.05. The van der Waals surface area contributed by atoms with E-state index in [1.165, 1.54) is 11.1 Å². The van der Waals surface area contributed by atoms with Crippen molar-refractivity contribution < 1.29 is 0 Å². The van der Waals surface area contributed by atoms with Gasteiger partial charge in [0.05, 0.1) is 0 Å². The Labute approximate surface area is 85.7 Å². The van der Waals surface area contributed by atoms with E-state index in [9.17, 15) is 0 Å². The largest absolute Gasteiger partial charge is 0.399 e. The zero-order valence-electron chi connectivity index (χ0n) is 8.66. The zero-order chi connectivity index (χ0) is 9.97. The summed E-state index contributed by atoms with van der Waals surface area (Å²) < 4.78 is 0. The van der Waals surface area contributed by atoms with Gasteiger partial charge >= 0.3 is 0 Å². The second-order valence-corrected chi connectivity index (χ2v) is 4.05. The first-order valence-electron chi connectivity index (χ1n) is 5.28. The minimum atomic E-state index is 0.509. The summed E-state index contributed by atoms with van der Waals surface area (Å²) in [6.45, 7) is 2.14. The molecule has 0 amide bonds. The molecule has 2 aliphatic carbocycles. The van der Waals surface area contributed by atoms with E-state index in [-0.39, 0.29) is 0 Å². The summed E-state index contributed by atoms with van der Waals surface area (Å²) in [5.74, 6) is 0.509. The van der Waals surface area contributed by atoms with Gasteiger partial charge in [-0.05, 0) is 31.8 Å². The molecule has 0 saturated heterocycles. The topological polar surface area (TPSA) is 26.0 Å². The van der Waals surface area contributed by atoms with Crippen molar-refractivity contribution in [2.75, 3.05) is 0 Å². The average molecular weight is 187 g/mol. The molecule has 0 bridgehead atoms. The van der Waals surface area contributed by atoms with Gasteiger partial charge in [0, 0.05) is 11.6 Å². The molecule has 1 atom stereocenters. The van der Waals surface area contributed by atoms with Crippen LogP contribution in [0.15, 0.2) is 47.2 Å². The third-order valence-corrected chi connectivity index (χ3v) is 2.91. The predicted octanol–water partition coefficient (Wildman–Crippen LogP) is 3.07. The van der Waals surface area contributed by atoms with Crippen LogP contribution in [0.5, 0.6) is 0 Å². The first-order valence-corrected chi connectivity index (χ1v) is 5.28. The first kappa shape index (κ1) is 9.32. The van der Waals surface area contributed by atoms with Crippen LogP contribution in [-0.2, 0) is 0 Å². The molecule has 2 aliphatic rings. The molecular formula is C13H17N. The molecule has 0 fully saturated rings. The standard InChI is InChI=1S/C13H17N/c1-10-6-8-11(9-7-10)12-4-2-3-5-13(12)14/h4-8,11H,2-3,9,14H2,1H3. The lowest BCUT2D eigenvalue weighted by molar-refractivity contribution is 0.746. The Morgan fingerprint density at radius 3 is 2.64 bits per heavy atom. The first-order chi connectivity index (χ1) is 6.77. The molecule has 0 aromatic heterocycles. The molecule has 14 heavy (non-hydrogen) atoms. The van der Waals surface area contributed by atoms with Gasteiger partial charge in [-0.2, -0.15) is 0 Å². The Morgan fingerprint density at radius 1 is 1.21 bits per heavy atom. The van der Waals surface area contributed by atoms with Crippen molar-refractivity contribution in [3.8, 4) is 0 Å². The molecular weight excluding hydrogens is 170 g/mol. The maximum Gasteiger partial charge on any atom is 0.0309 e. The van der Waals surface area contributed by atoms with Crippen LogP contribution < -0.4 is 5.73 Å². The van der Waals surface area contributed by atoms with E-state index in [4.69, 9.17) is 5.73 Å². The second kappa shape index (κ2) is 3.87. The fraction of sp³-hybridized carbons (Fsp3) is 0.385. The molecule has 0 saturated carbocycles. The maximum absolute atomic E-state index is 5.98. The fourth-order valence-corrected chi connectivity index (χ4v) is 2.04. The van der Waals surface area contributed by atoms with Gasteiger partial charge in [-0.15, -0.1) is 0 Å². The lowest BCUT2D eigenvalue weighted by atomic mass is 9.86. The highest BCUT2D eigenvalue weighted by Crippen LogP contribution is 2.29. The number of nitrogens with two attached hydrogens (primary N) is 1. The Bertz CT molecular complexity index is 342. The highest BCUT2D eigenvalue weighted by molar-refractivity contribution is 5.38. The molecule has 1 heteroatoms. The summed E-state index contributed by atoms with van der Waals surface area (Å²) in [6, 6.07) is 0. The van der Waals surface area contributed by atoms with Crippen molar-refractivity contribution in [2.24, 2.45) is 11.7 Å². The minimum Gasteiger partial charge on any atom is -0.399 e. The molecule has 0 radical (unpaired) electrons. The summed E-state index contributed by atoms with van der Waals surface area (Å²) in [4.78, 5) is 0. The Kier molecular flexibility index (Phi) is 2.58. The molecule has 0 aliphatic heterocycles. The molecule has 0 spiro atoms. The quantitative estimate of drug-likeness (QED) is 0.670. The van der Waals surface area contributed by atoms with Crippen LogP contribution >= 0.6 is 0 Å². The van der Waals surface area contributed by atoms with Crippen LogP contribution in [0.1, 0.15) is 26.2 Å². The summed E-state index contributed by atoms with van der Waals surface area (Å²) in [5.41, 5.74) is 9.66. The van der Waals surface area contributed by atoms with Gasteiger partial charge in [0.2, 0.25) is 0 Å². The third-order valence-electron chi connectivity index (χ3n) is 2.91. The number of allylic oxidation sites excluding steroid dienone is 7. The molecule has 0 heterocycles. The number of hydrogen-bond acceptors (Lipinski definition) is 1. The highest BCUT2D eigenvalue weighted by Gasteiger charge is 2.15. The summed E-state index contributed by atoms with van der Waals surface area (Å²) in [5, 5.41) is 0. The van der Waals surface area contributed by atoms with E-state index in [1.54, 1.807) is 0 Å². The van der Waals surface area contributed by atoms with E-state index >= 15 is 0 Å². The van der Waals surface area contributed by atoms with E-state index in [0.717, 1.165) is 25.0 Å². The van der Waals surface area contributed by atoms with Gasteiger partial charge in [-0.1, -0.05) is 36.0 Å². The van der Waals surface area contributed by atoms with Crippen LogP contribution in [0.4, 0.5) is 0 Å². The average Bonchev–Trinajstić information content (AvgIpc) is 2.20. The smallest absolute Gasteiger partial charge is 0.0309 e. The number of rotatable bonds is 1. The number of hydrogen-bond donors (Lipinski definition) is 1. The highest BCUT2D eigenvalue weighted by atomic mass is 14.6. The maximum atomic E-state index is 5.98. The Balaban J connectivity index is 2.14. The molecule has 2 N–H and O–H groups in total. The Morgan fingerprint density at radius 2 is 2.00 bits per heavy atom. The van der Waals surface area contributed by atoms with Gasteiger partial charge in [0.1, 0.15) is 0 Å². The molecule has 0 aromatic carbocycles. The Hall–Kier alpha value is -1.24.